The molecule has 2 nitrogen and oxygen atoms in total. The predicted molar refractivity (Wildman–Crippen MR) is 70.3 cm³/mol. The molecule has 0 aliphatic heterocycles. The van der Waals surface area contributed by atoms with Crippen molar-refractivity contribution in [3.8, 4) is 0 Å². The smallest absolute Gasteiger partial charge is 0.186 e. The first kappa shape index (κ1) is 13.4. The van der Waals surface area contributed by atoms with Crippen LogP contribution in [0.4, 0.5) is 0 Å². The first-order valence-corrected chi connectivity index (χ1v) is 6.62. The maximum atomic E-state index is 11.9. The van der Waals surface area contributed by atoms with Crippen molar-refractivity contribution in [1.82, 2.24) is 4.90 Å². The number of carbonyl (C=O) groups excluding carboxylic acids is 1. The fourth-order valence-electron chi connectivity index (χ4n) is 1.63. The first-order valence-electron chi connectivity index (χ1n) is 5.81. The number of ketones is 1. The van der Waals surface area contributed by atoms with Gasteiger partial charge in [-0.25, -0.2) is 0 Å². The monoisotopic (exact) mass is 239 g/mol. The Balaban J connectivity index is 2.45. The number of aryl methyl sites for hydroxylation is 1. The van der Waals surface area contributed by atoms with Gasteiger partial charge in [0, 0.05) is 11.4 Å². The van der Waals surface area contributed by atoms with Crippen LogP contribution in [0.1, 0.15) is 34.8 Å². The van der Waals surface area contributed by atoms with Crippen LogP contribution in [0.3, 0.4) is 0 Å². The molecule has 16 heavy (non-hydrogen) atoms. The summed E-state index contributed by atoms with van der Waals surface area (Å²) in [5, 5.41) is 0. The van der Waals surface area contributed by atoms with E-state index in [4.69, 9.17) is 0 Å². The summed E-state index contributed by atoms with van der Waals surface area (Å²) in [6, 6.07) is 3.94. The van der Waals surface area contributed by atoms with Gasteiger partial charge in [-0.1, -0.05) is 20.3 Å². The summed E-state index contributed by atoms with van der Waals surface area (Å²) in [5.74, 6) is 0.895. The average Bonchev–Trinajstić information content (AvgIpc) is 2.64. The molecule has 1 unspecified atom stereocenters. The van der Waals surface area contributed by atoms with E-state index >= 15 is 0 Å². The zero-order valence-electron chi connectivity index (χ0n) is 10.6. The number of likely N-dealkylation sites (N-methyl/N-ethyl adjacent to an activating group) is 1. The molecule has 0 N–H and O–H groups in total. The van der Waals surface area contributed by atoms with Gasteiger partial charge in [-0.2, -0.15) is 0 Å². The molecule has 0 radical (unpaired) electrons. The van der Waals surface area contributed by atoms with Crippen LogP contribution in [0.2, 0.25) is 0 Å². The number of rotatable bonds is 6. The number of Topliss-reactive ketones (excluding diaryl/α,β-unsaturated/α-hetero) is 1. The predicted octanol–water partition coefficient (Wildman–Crippen LogP) is 3.22. The highest BCUT2D eigenvalue weighted by molar-refractivity contribution is 7.14. The zero-order valence-corrected chi connectivity index (χ0v) is 11.4. The Hall–Kier alpha value is -0.670. The molecular formula is C13H21NOS. The molecule has 1 aromatic heterocycles. The minimum Gasteiger partial charge on any atom is -0.299 e. The van der Waals surface area contributed by atoms with E-state index < -0.39 is 0 Å². The van der Waals surface area contributed by atoms with Crippen molar-refractivity contribution in [3.63, 3.8) is 0 Å². The van der Waals surface area contributed by atoms with Gasteiger partial charge in [-0.15, -0.1) is 11.3 Å². The lowest BCUT2D eigenvalue weighted by molar-refractivity contribution is 0.0943. The summed E-state index contributed by atoms with van der Waals surface area (Å²) < 4.78 is 0. The summed E-state index contributed by atoms with van der Waals surface area (Å²) in [4.78, 5) is 16.1. The Morgan fingerprint density at radius 2 is 2.19 bits per heavy atom. The highest BCUT2D eigenvalue weighted by atomic mass is 32.1. The third-order valence-electron chi connectivity index (χ3n) is 2.75. The molecule has 1 atom stereocenters. The van der Waals surface area contributed by atoms with E-state index in [0.29, 0.717) is 12.5 Å². The quantitative estimate of drug-likeness (QED) is 0.710. The fourth-order valence-corrected chi connectivity index (χ4v) is 2.43. The molecule has 0 amide bonds. The summed E-state index contributed by atoms with van der Waals surface area (Å²) in [5.41, 5.74) is 0. The van der Waals surface area contributed by atoms with Crippen LogP contribution in [0.25, 0.3) is 0 Å². The molecule has 0 spiro atoms. The van der Waals surface area contributed by atoms with Gasteiger partial charge in [0.25, 0.3) is 0 Å². The first-order chi connectivity index (χ1) is 7.52. The summed E-state index contributed by atoms with van der Waals surface area (Å²) >= 11 is 1.59. The average molecular weight is 239 g/mol. The van der Waals surface area contributed by atoms with Crippen LogP contribution < -0.4 is 0 Å². The van der Waals surface area contributed by atoms with Crippen molar-refractivity contribution >= 4 is 17.1 Å². The maximum Gasteiger partial charge on any atom is 0.186 e. The molecule has 0 bridgehead atoms. The Labute approximate surface area is 102 Å². The number of nitrogens with zero attached hydrogens (tertiary/aromatic N) is 1. The fraction of sp³-hybridized carbons (Fsp3) is 0.615. The van der Waals surface area contributed by atoms with Crippen molar-refractivity contribution in [1.29, 1.82) is 0 Å². The van der Waals surface area contributed by atoms with Crippen LogP contribution in [0, 0.1) is 12.8 Å². The molecule has 1 heterocycles. The van der Waals surface area contributed by atoms with E-state index in [-0.39, 0.29) is 5.78 Å². The highest BCUT2D eigenvalue weighted by Crippen LogP contribution is 2.16. The van der Waals surface area contributed by atoms with E-state index in [0.717, 1.165) is 17.8 Å². The minimum atomic E-state index is 0.240. The normalized spacial score (nSPS) is 13.1. The summed E-state index contributed by atoms with van der Waals surface area (Å²) in [6.07, 6.45) is 1.16. The van der Waals surface area contributed by atoms with Gasteiger partial charge in [-0.3, -0.25) is 9.69 Å². The van der Waals surface area contributed by atoms with Crippen LogP contribution in [-0.4, -0.2) is 30.8 Å². The Kier molecular flexibility index (Phi) is 5.16. The second kappa shape index (κ2) is 6.16. The molecule has 1 rings (SSSR count). The Morgan fingerprint density at radius 1 is 1.50 bits per heavy atom. The highest BCUT2D eigenvalue weighted by Gasteiger charge is 2.12. The lowest BCUT2D eigenvalue weighted by atomic mass is 10.1. The third kappa shape index (κ3) is 4.06. The van der Waals surface area contributed by atoms with Gasteiger partial charge >= 0.3 is 0 Å². The number of hydrogen-bond acceptors (Lipinski definition) is 3. The number of thiophene rings is 1. The maximum absolute atomic E-state index is 11.9. The molecule has 0 aliphatic rings. The van der Waals surface area contributed by atoms with Crippen molar-refractivity contribution in [3.05, 3.63) is 21.9 Å². The van der Waals surface area contributed by atoms with E-state index in [1.54, 1.807) is 11.3 Å². The molecule has 90 valence electrons. The van der Waals surface area contributed by atoms with Crippen molar-refractivity contribution < 1.29 is 4.79 Å². The largest absolute Gasteiger partial charge is 0.299 e. The summed E-state index contributed by atoms with van der Waals surface area (Å²) in [6.45, 7) is 7.96. The number of carbonyl (C=O) groups is 1. The van der Waals surface area contributed by atoms with Crippen molar-refractivity contribution in [2.45, 2.75) is 27.2 Å². The Morgan fingerprint density at radius 3 is 2.69 bits per heavy atom. The Bertz CT molecular complexity index is 345. The van der Waals surface area contributed by atoms with Gasteiger partial charge in [-0.05, 0) is 32.0 Å². The minimum absolute atomic E-state index is 0.240. The standard InChI is InChI=1S/C13H21NOS/c1-5-10(2)8-14(4)9-12(15)13-7-6-11(3)16-13/h6-7,10H,5,8-9H2,1-4H3. The van der Waals surface area contributed by atoms with Crippen molar-refractivity contribution in [2.24, 2.45) is 5.92 Å². The van der Waals surface area contributed by atoms with Crippen LogP contribution in [-0.2, 0) is 0 Å². The van der Waals surface area contributed by atoms with E-state index in [1.165, 1.54) is 4.88 Å². The lowest BCUT2D eigenvalue weighted by Gasteiger charge is -2.19. The molecule has 0 aromatic carbocycles. The van der Waals surface area contributed by atoms with Gasteiger partial charge < -0.3 is 0 Å². The molecule has 0 fully saturated rings. The zero-order chi connectivity index (χ0) is 12.1. The summed E-state index contributed by atoms with van der Waals surface area (Å²) in [7, 11) is 2.02. The van der Waals surface area contributed by atoms with Gasteiger partial charge in [0.15, 0.2) is 5.78 Å². The molecule has 0 saturated carbocycles. The third-order valence-corrected chi connectivity index (χ3v) is 3.79. The topological polar surface area (TPSA) is 20.3 Å². The molecule has 0 aliphatic carbocycles. The van der Waals surface area contributed by atoms with Crippen molar-refractivity contribution in [2.75, 3.05) is 20.1 Å². The van der Waals surface area contributed by atoms with Gasteiger partial charge in [0.05, 0.1) is 11.4 Å². The van der Waals surface area contributed by atoms with E-state index in [9.17, 15) is 4.79 Å². The van der Waals surface area contributed by atoms with E-state index in [2.05, 4.69) is 18.7 Å². The van der Waals surface area contributed by atoms with Gasteiger partial charge in [0.1, 0.15) is 0 Å². The molecule has 1 aromatic rings. The SMILES string of the molecule is CCC(C)CN(C)CC(=O)c1ccc(C)s1. The lowest BCUT2D eigenvalue weighted by Crippen LogP contribution is -2.29. The second-order valence-electron chi connectivity index (χ2n) is 4.54. The number of hydrogen-bond donors (Lipinski definition) is 0. The van der Waals surface area contributed by atoms with Crippen LogP contribution in [0.15, 0.2) is 12.1 Å². The molecular weight excluding hydrogens is 218 g/mol. The molecule has 3 heteroatoms. The van der Waals surface area contributed by atoms with Crippen LogP contribution in [0.5, 0.6) is 0 Å². The van der Waals surface area contributed by atoms with E-state index in [1.807, 2.05) is 26.1 Å². The van der Waals surface area contributed by atoms with Gasteiger partial charge in [0.2, 0.25) is 0 Å². The molecule has 0 saturated heterocycles. The van der Waals surface area contributed by atoms with Crippen LogP contribution >= 0.6 is 11.3 Å². The second-order valence-corrected chi connectivity index (χ2v) is 5.83.